The highest BCUT2D eigenvalue weighted by Gasteiger charge is 2.53. The van der Waals surface area contributed by atoms with Gasteiger partial charge in [-0.15, -0.1) is 6.42 Å². The predicted octanol–water partition coefficient (Wildman–Crippen LogP) is -0.0993. The Labute approximate surface area is 89.6 Å². The van der Waals surface area contributed by atoms with E-state index in [9.17, 15) is 9.90 Å². The number of hydrogen-bond donors (Lipinski definition) is 2. The molecule has 2 aliphatic heterocycles. The van der Waals surface area contributed by atoms with Crippen LogP contribution < -0.4 is 5.32 Å². The van der Waals surface area contributed by atoms with Gasteiger partial charge in [0.2, 0.25) is 0 Å². The van der Waals surface area contributed by atoms with E-state index < -0.39 is 11.5 Å². The number of fused-ring (bicyclic) bond motifs is 1. The van der Waals surface area contributed by atoms with Crippen molar-refractivity contribution in [2.45, 2.75) is 30.8 Å². The molecule has 2 rings (SSSR count). The molecule has 0 saturated carbocycles. The number of rotatable bonds is 3. The largest absolute Gasteiger partial charge is 0.480 e. The molecule has 0 aromatic carbocycles. The van der Waals surface area contributed by atoms with Gasteiger partial charge in [0.15, 0.2) is 0 Å². The lowest BCUT2D eigenvalue weighted by atomic mass is 9.88. The van der Waals surface area contributed by atoms with Gasteiger partial charge in [0.05, 0.1) is 6.54 Å². The number of carbonyl (C=O) groups is 1. The Balaban J connectivity index is 2.19. The van der Waals surface area contributed by atoms with Crippen LogP contribution in [0.25, 0.3) is 0 Å². The molecule has 0 aromatic rings. The zero-order valence-electron chi connectivity index (χ0n) is 8.70. The highest BCUT2D eigenvalue weighted by molar-refractivity contribution is 5.80. The summed E-state index contributed by atoms with van der Waals surface area (Å²) in [5, 5.41) is 12.4. The molecule has 4 nitrogen and oxygen atoms in total. The monoisotopic (exact) mass is 208 g/mol. The number of hydrogen-bond acceptors (Lipinski definition) is 3. The Morgan fingerprint density at radius 2 is 2.47 bits per heavy atom. The second kappa shape index (κ2) is 3.84. The fourth-order valence-electron chi connectivity index (χ4n) is 2.88. The van der Waals surface area contributed by atoms with Gasteiger partial charge in [0.25, 0.3) is 0 Å². The summed E-state index contributed by atoms with van der Waals surface area (Å²) in [5.41, 5.74) is -0.803. The van der Waals surface area contributed by atoms with Crippen LogP contribution in [0.4, 0.5) is 0 Å². The van der Waals surface area contributed by atoms with Crippen LogP contribution >= 0.6 is 0 Å². The van der Waals surface area contributed by atoms with Gasteiger partial charge in [0.1, 0.15) is 5.54 Å². The SMILES string of the molecule is C#CCNC1(C(=O)O)CCN2CCCC21. The molecule has 4 heteroatoms. The molecule has 2 atom stereocenters. The second-order valence-electron chi connectivity index (χ2n) is 4.28. The minimum atomic E-state index is -0.803. The molecule has 2 unspecified atom stereocenters. The van der Waals surface area contributed by atoms with Crippen LogP contribution in [-0.2, 0) is 4.79 Å². The molecule has 2 aliphatic rings. The summed E-state index contributed by atoms with van der Waals surface area (Å²) < 4.78 is 0. The molecule has 2 saturated heterocycles. The number of terminal acetylenes is 1. The van der Waals surface area contributed by atoms with E-state index in [-0.39, 0.29) is 6.04 Å². The van der Waals surface area contributed by atoms with Crippen molar-refractivity contribution in [2.24, 2.45) is 0 Å². The van der Waals surface area contributed by atoms with Crippen LogP contribution in [0, 0.1) is 12.3 Å². The van der Waals surface area contributed by atoms with Gasteiger partial charge in [-0.05, 0) is 25.8 Å². The maximum atomic E-state index is 11.4. The zero-order chi connectivity index (χ0) is 10.9. The second-order valence-corrected chi connectivity index (χ2v) is 4.28. The van der Waals surface area contributed by atoms with E-state index in [4.69, 9.17) is 6.42 Å². The Bertz CT molecular complexity index is 310. The molecule has 2 fully saturated rings. The molecule has 2 N–H and O–H groups in total. The molecule has 15 heavy (non-hydrogen) atoms. The van der Waals surface area contributed by atoms with Crippen molar-refractivity contribution in [3.63, 3.8) is 0 Å². The summed E-state index contributed by atoms with van der Waals surface area (Å²) in [5.74, 6) is 1.70. The predicted molar refractivity (Wildman–Crippen MR) is 56.4 cm³/mol. The lowest BCUT2D eigenvalue weighted by Crippen LogP contribution is -2.58. The first-order valence-corrected chi connectivity index (χ1v) is 5.36. The van der Waals surface area contributed by atoms with Crippen molar-refractivity contribution >= 4 is 5.97 Å². The van der Waals surface area contributed by atoms with Gasteiger partial charge in [0, 0.05) is 12.6 Å². The van der Waals surface area contributed by atoms with Crippen molar-refractivity contribution in [3.8, 4) is 12.3 Å². The van der Waals surface area contributed by atoms with E-state index in [1.165, 1.54) is 0 Å². The van der Waals surface area contributed by atoms with Gasteiger partial charge in [-0.2, -0.15) is 0 Å². The van der Waals surface area contributed by atoms with E-state index in [1.54, 1.807) is 0 Å². The molecule has 0 aromatic heterocycles. The normalized spacial score (nSPS) is 35.0. The minimum absolute atomic E-state index is 0.128. The minimum Gasteiger partial charge on any atom is -0.480 e. The summed E-state index contributed by atoms with van der Waals surface area (Å²) in [6, 6.07) is 0.128. The Morgan fingerprint density at radius 3 is 3.13 bits per heavy atom. The van der Waals surface area contributed by atoms with Gasteiger partial charge in [-0.3, -0.25) is 15.0 Å². The van der Waals surface area contributed by atoms with E-state index in [0.29, 0.717) is 13.0 Å². The number of nitrogens with one attached hydrogen (secondary N) is 1. The zero-order valence-corrected chi connectivity index (χ0v) is 8.70. The van der Waals surface area contributed by atoms with Crippen LogP contribution in [0.5, 0.6) is 0 Å². The van der Waals surface area contributed by atoms with Gasteiger partial charge in [-0.1, -0.05) is 5.92 Å². The molecule has 82 valence electrons. The smallest absolute Gasteiger partial charge is 0.325 e. The van der Waals surface area contributed by atoms with Crippen LogP contribution in [-0.4, -0.2) is 47.2 Å². The summed E-state index contributed by atoms with van der Waals surface area (Å²) >= 11 is 0. The third kappa shape index (κ3) is 1.52. The Hall–Kier alpha value is -1.05. The van der Waals surface area contributed by atoms with E-state index in [1.807, 2.05) is 0 Å². The van der Waals surface area contributed by atoms with Crippen molar-refractivity contribution < 1.29 is 9.90 Å². The maximum Gasteiger partial charge on any atom is 0.325 e. The first kappa shape index (κ1) is 10.5. The molecular weight excluding hydrogens is 192 g/mol. The fourth-order valence-corrected chi connectivity index (χ4v) is 2.88. The quantitative estimate of drug-likeness (QED) is 0.636. The van der Waals surface area contributed by atoms with Crippen molar-refractivity contribution in [3.05, 3.63) is 0 Å². The average molecular weight is 208 g/mol. The topological polar surface area (TPSA) is 52.6 Å². The van der Waals surface area contributed by atoms with Crippen molar-refractivity contribution in [1.29, 1.82) is 0 Å². The standard InChI is InChI=1S/C11H16N2O2/c1-2-6-12-11(10(14)15)5-8-13-7-3-4-9(11)13/h1,9,12H,3-8H2,(H,14,15). The Kier molecular flexibility index (Phi) is 2.68. The van der Waals surface area contributed by atoms with Crippen LogP contribution in [0.3, 0.4) is 0 Å². The van der Waals surface area contributed by atoms with E-state index in [0.717, 1.165) is 25.9 Å². The van der Waals surface area contributed by atoms with Gasteiger partial charge >= 0.3 is 5.97 Å². The highest BCUT2D eigenvalue weighted by Crippen LogP contribution is 2.36. The molecule has 0 aliphatic carbocycles. The van der Waals surface area contributed by atoms with Crippen LogP contribution in [0.1, 0.15) is 19.3 Å². The lowest BCUT2D eigenvalue weighted by Gasteiger charge is -2.31. The first-order chi connectivity index (χ1) is 7.20. The molecular formula is C11H16N2O2. The fraction of sp³-hybridized carbons (Fsp3) is 0.727. The number of nitrogens with zero attached hydrogens (tertiary/aromatic N) is 1. The average Bonchev–Trinajstić information content (AvgIpc) is 2.76. The number of carboxylic acids is 1. The third-order valence-corrected chi connectivity index (χ3v) is 3.61. The van der Waals surface area contributed by atoms with E-state index >= 15 is 0 Å². The van der Waals surface area contributed by atoms with Gasteiger partial charge < -0.3 is 5.11 Å². The van der Waals surface area contributed by atoms with E-state index in [2.05, 4.69) is 16.1 Å². The molecule has 2 heterocycles. The highest BCUT2D eigenvalue weighted by atomic mass is 16.4. The molecule has 0 amide bonds. The summed E-state index contributed by atoms with van der Waals surface area (Å²) in [7, 11) is 0. The summed E-state index contributed by atoms with van der Waals surface area (Å²) in [6.45, 7) is 2.22. The van der Waals surface area contributed by atoms with Crippen molar-refractivity contribution in [2.75, 3.05) is 19.6 Å². The summed E-state index contributed by atoms with van der Waals surface area (Å²) in [4.78, 5) is 13.7. The molecule has 0 spiro atoms. The number of carboxylic acid groups (broad SMARTS) is 1. The lowest BCUT2D eigenvalue weighted by molar-refractivity contribution is -0.145. The van der Waals surface area contributed by atoms with Gasteiger partial charge in [-0.25, -0.2) is 0 Å². The molecule has 0 radical (unpaired) electrons. The number of aliphatic carboxylic acids is 1. The first-order valence-electron chi connectivity index (χ1n) is 5.36. The maximum absolute atomic E-state index is 11.4. The Morgan fingerprint density at radius 1 is 1.67 bits per heavy atom. The third-order valence-electron chi connectivity index (χ3n) is 3.61. The van der Waals surface area contributed by atoms with Crippen molar-refractivity contribution in [1.82, 2.24) is 10.2 Å². The molecule has 0 bridgehead atoms. The summed E-state index contributed by atoms with van der Waals surface area (Å²) in [6.07, 6.45) is 7.90. The van der Waals surface area contributed by atoms with Crippen LogP contribution in [0.2, 0.25) is 0 Å². The van der Waals surface area contributed by atoms with Crippen LogP contribution in [0.15, 0.2) is 0 Å².